The highest BCUT2D eigenvalue weighted by molar-refractivity contribution is 7.98. The van der Waals surface area contributed by atoms with Crippen LogP contribution in [0.2, 0.25) is 0 Å². The molecular formula is C21H18FN3O3S. The van der Waals surface area contributed by atoms with E-state index in [1.807, 2.05) is 0 Å². The Balaban J connectivity index is 1.71. The molecule has 1 atom stereocenters. The molecule has 0 saturated carbocycles. The Kier molecular flexibility index (Phi) is 5.10. The summed E-state index contributed by atoms with van der Waals surface area (Å²) in [6, 6.07) is 12.7. The average Bonchev–Trinajstić information content (AvgIpc) is 2.70. The van der Waals surface area contributed by atoms with Gasteiger partial charge >= 0.3 is 0 Å². The summed E-state index contributed by atoms with van der Waals surface area (Å²) < 4.78 is 14.8. The maximum Gasteiger partial charge on any atom is 0.279 e. The zero-order valence-electron chi connectivity index (χ0n) is 15.6. The molecular weight excluding hydrogens is 393 g/mol. The number of aromatic hydroxyl groups is 1. The van der Waals surface area contributed by atoms with E-state index in [-0.39, 0.29) is 23.9 Å². The van der Waals surface area contributed by atoms with Gasteiger partial charge < -0.3 is 15.0 Å². The predicted molar refractivity (Wildman–Crippen MR) is 109 cm³/mol. The highest BCUT2D eigenvalue weighted by atomic mass is 32.2. The molecule has 1 amide bonds. The van der Waals surface area contributed by atoms with E-state index in [2.05, 4.69) is 10.3 Å². The Hall–Kier alpha value is -3.13. The topological polar surface area (TPSA) is 84.2 Å². The number of nitrogens with zero attached hydrogens (tertiary/aromatic N) is 2. The van der Waals surface area contributed by atoms with Gasteiger partial charge in [0.15, 0.2) is 5.16 Å². The van der Waals surface area contributed by atoms with E-state index in [0.29, 0.717) is 27.9 Å². The number of thioether (sulfide) groups is 1. The second kappa shape index (κ2) is 7.71. The number of phenols is 1. The first kappa shape index (κ1) is 19.2. The Morgan fingerprint density at radius 2 is 2.00 bits per heavy atom. The van der Waals surface area contributed by atoms with Gasteiger partial charge in [-0.25, -0.2) is 4.39 Å². The van der Waals surface area contributed by atoms with Gasteiger partial charge in [0.25, 0.3) is 5.56 Å². The summed E-state index contributed by atoms with van der Waals surface area (Å²) >= 11 is 1.33. The van der Waals surface area contributed by atoms with Crippen LogP contribution >= 0.6 is 11.8 Å². The van der Waals surface area contributed by atoms with E-state index in [1.54, 1.807) is 48.0 Å². The van der Waals surface area contributed by atoms with Crippen molar-refractivity contribution in [3.63, 3.8) is 0 Å². The number of carbonyl (C=O) groups is 1. The summed E-state index contributed by atoms with van der Waals surface area (Å²) in [5.41, 5.74) is 1.58. The second-order valence-corrected chi connectivity index (χ2v) is 7.78. The Bertz CT molecular complexity index is 1140. The molecule has 29 heavy (non-hydrogen) atoms. The number of halogens is 1. The fourth-order valence-corrected chi connectivity index (χ4v) is 4.34. The zero-order chi connectivity index (χ0) is 20.5. The van der Waals surface area contributed by atoms with E-state index in [0.717, 1.165) is 5.56 Å². The summed E-state index contributed by atoms with van der Waals surface area (Å²) in [7, 11) is 1.74. The van der Waals surface area contributed by atoms with Gasteiger partial charge in [-0.2, -0.15) is 4.98 Å². The van der Waals surface area contributed by atoms with E-state index in [1.165, 1.54) is 23.9 Å². The van der Waals surface area contributed by atoms with Crippen molar-refractivity contribution < 1.29 is 14.3 Å². The normalized spacial score (nSPS) is 15.7. The van der Waals surface area contributed by atoms with Crippen molar-refractivity contribution in [2.75, 3.05) is 5.32 Å². The lowest BCUT2D eigenvalue weighted by atomic mass is 9.86. The van der Waals surface area contributed by atoms with Crippen molar-refractivity contribution in [2.24, 2.45) is 7.05 Å². The lowest BCUT2D eigenvalue weighted by molar-refractivity contribution is -0.116. The third kappa shape index (κ3) is 3.88. The molecule has 0 aliphatic carbocycles. The minimum absolute atomic E-state index is 0.0753. The van der Waals surface area contributed by atoms with E-state index >= 15 is 0 Å². The van der Waals surface area contributed by atoms with E-state index in [4.69, 9.17) is 0 Å². The van der Waals surface area contributed by atoms with Crippen LogP contribution in [0.15, 0.2) is 58.5 Å². The molecule has 3 aromatic rings. The molecule has 8 heteroatoms. The van der Waals surface area contributed by atoms with Gasteiger partial charge in [0.2, 0.25) is 5.91 Å². The van der Waals surface area contributed by atoms with Gasteiger partial charge in [-0.1, -0.05) is 36.0 Å². The molecule has 2 aromatic carbocycles. The van der Waals surface area contributed by atoms with Crippen LogP contribution in [0.25, 0.3) is 0 Å². The van der Waals surface area contributed by atoms with Crippen LogP contribution in [-0.4, -0.2) is 20.6 Å². The van der Waals surface area contributed by atoms with Gasteiger partial charge in [-0.3, -0.25) is 9.59 Å². The quantitative estimate of drug-likeness (QED) is 0.508. The highest BCUT2D eigenvalue weighted by Crippen LogP contribution is 2.36. The maximum absolute atomic E-state index is 13.1. The molecule has 1 aliphatic heterocycles. The van der Waals surface area contributed by atoms with Gasteiger partial charge in [0.1, 0.15) is 17.4 Å². The number of fused-ring (bicyclic) bond motifs is 1. The molecule has 4 rings (SSSR count). The minimum Gasteiger partial charge on any atom is -0.508 e. The molecule has 0 bridgehead atoms. The van der Waals surface area contributed by atoms with Crippen molar-refractivity contribution >= 4 is 23.5 Å². The number of anilines is 1. The van der Waals surface area contributed by atoms with Crippen LogP contribution in [0.1, 0.15) is 29.0 Å². The van der Waals surface area contributed by atoms with Crippen molar-refractivity contribution in [3.8, 4) is 5.75 Å². The van der Waals surface area contributed by atoms with Crippen LogP contribution in [0.4, 0.5) is 10.2 Å². The minimum atomic E-state index is -0.479. The van der Waals surface area contributed by atoms with Crippen LogP contribution in [0, 0.1) is 5.82 Å². The van der Waals surface area contributed by atoms with Crippen molar-refractivity contribution in [1.29, 1.82) is 0 Å². The van der Waals surface area contributed by atoms with Gasteiger partial charge in [0, 0.05) is 25.1 Å². The Morgan fingerprint density at radius 3 is 2.72 bits per heavy atom. The molecule has 0 radical (unpaired) electrons. The molecule has 148 valence electrons. The first-order chi connectivity index (χ1) is 13.9. The van der Waals surface area contributed by atoms with Crippen molar-refractivity contribution in [2.45, 2.75) is 23.2 Å². The summed E-state index contributed by atoms with van der Waals surface area (Å²) in [4.78, 5) is 29.4. The lowest BCUT2D eigenvalue weighted by Crippen LogP contribution is -2.33. The van der Waals surface area contributed by atoms with Gasteiger partial charge in [0.05, 0.1) is 5.56 Å². The van der Waals surface area contributed by atoms with Crippen molar-refractivity contribution in [1.82, 2.24) is 9.55 Å². The molecule has 1 aromatic heterocycles. The average molecular weight is 411 g/mol. The summed E-state index contributed by atoms with van der Waals surface area (Å²) in [6.45, 7) is 0. The second-order valence-electron chi connectivity index (χ2n) is 6.84. The molecule has 6 nitrogen and oxygen atoms in total. The first-order valence-electron chi connectivity index (χ1n) is 8.99. The number of benzene rings is 2. The van der Waals surface area contributed by atoms with E-state index < -0.39 is 11.5 Å². The number of rotatable bonds is 4. The van der Waals surface area contributed by atoms with Crippen LogP contribution in [-0.2, 0) is 17.6 Å². The van der Waals surface area contributed by atoms with Gasteiger partial charge in [-0.15, -0.1) is 0 Å². The fraction of sp³-hybridized carbons (Fsp3) is 0.190. The van der Waals surface area contributed by atoms with Gasteiger partial charge in [-0.05, 0) is 35.4 Å². The number of phenolic OH excluding ortho intramolecular Hbond substituents is 1. The third-order valence-corrected chi connectivity index (χ3v) is 5.96. The number of hydrogen-bond donors (Lipinski definition) is 2. The number of aromatic nitrogens is 2. The fourth-order valence-electron chi connectivity index (χ4n) is 3.42. The standard InChI is InChI=1S/C21H18FN3O3S/c1-25-19-18(16(10-17(27)23-19)13-3-2-4-15(26)9-13)20(28)24-21(25)29-11-12-5-7-14(22)8-6-12/h2-9,16,26H,10-11H2,1H3,(H,23,27)/t16-/m1/s1. The van der Waals surface area contributed by atoms with Crippen LogP contribution in [0.3, 0.4) is 0 Å². The molecule has 0 spiro atoms. The molecule has 0 fully saturated rings. The molecule has 2 N–H and O–H groups in total. The molecule has 2 heterocycles. The van der Waals surface area contributed by atoms with Crippen molar-refractivity contribution in [3.05, 3.63) is 81.4 Å². The summed E-state index contributed by atoms with van der Waals surface area (Å²) in [5.74, 6) is -0.000476. The molecule has 0 saturated heterocycles. The summed E-state index contributed by atoms with van der Waals surface area (Å²) in [6.07, 6.45) is 0.107. The molecule has 0 unspecified atom stereocenters. The van der Waals surface area contributed by atoms with E-state index in [9.17, 15) is 19.1 Å². The monoisotopic (exact) mass is 411 g/mol. The number of hydrogen-bond acceptors (Lipinski definition) is 5. The number of nitrogens with one attached hydrogen (secondary N) is 1. The zero-order valence-corrected chi connectivity index (χ0v) is 16.4. The SMILES string of the molecule is Cn1c(SCc2ccc(F)cc2)nc(=O)c2c1NC(=O)C[C@@H]2c1cccc(O)c1. The molecule has 1 aliphatic rings. The van der Waals surface area contributed by atoms with Crippen LogP contribution in [0.5, 0.6) is 5.75 Å². The lowest BCUT2D eigenvalue weighted by Gasteiger charge is -2.27. The maximum atomic E-state index is 13.1. The Morgan fingerprint density at radius 1 is 1.24 bits per heavy atom. The number of amides is 1. The largest absolute Gasteiger partial charge is 0.508 e. The Labute approximate surface area is 170 Å². The first-order valence-corrected chi connectivity index (χ1v) is 9.98. The number of carbonyl (C=O) groups excluding carboxylic acids is 1. The third-order valence-electron chi connectivity index (χ3n) is 4.85. The van der Waals surface area contributed by atoms with Crippen LogP contribution < -0.4 is 10.9 Å². The predicted octanol–water partition coefficient (Wildman–Crippen LogP) is 3.39. The summed E-state index contributed by atoms with van der Waals surface area (Å²) in [5, 5.41) is 13.0. The smallest absolute Gasteiger partial charge is 0.279 e. The highest BCUT2D eigenvalue weighted by Gasteiger charge is 2.32.